The van der Waals surface area contributed by atoms with Crippen molar-refractivity contribution in [3.63, 3.8) is 0 Å². The molecule has 6 nitrogen and oxygen atoms in total. The molecule has 0 aliphatic rings. The van der Waals surface area contributed by atoms with Gasteiger partial charge in [0.2, 0.25) is 5.91 Å². The molecule has 3 aromatic rings. The zero-order chi connectivity index (χ0) is 19.9. The van der Waals surface area contributed by atoms with Gasteiger partial charge in [-0.2, -0.15) is 5.10 Å². The number of benzene rings is 2. The third-order valence-electron chi connectivity index (χ3n) is 3.95. The summed E-state index contributed by atoms with van der Waals surface area (Å²) in [6, 6.07) is 16.2. The molecule has 0 fully saturated rings. The zero-order valence-corrected chi connectivity index (χ0v) is 16.2. The quantitative estimate of drug-likeness (QED) is 0.475. The van der Waals surface area contributed by atoms with Crippen molar-refractivity contribution in [2.75, 3.05) is 14.2 Å². The van der Waals surface area contributed by atoms with Gasteiger partial charge < -0.3 is 13.9 Å². The number of furan rings is 1. The summed E-state index contributed by atoms with van der Waals surface area (Å²) in [5.74, 6) is 2.14. The molecular weight excluding hydrogens is 380 g/mol. The summed E-state index contributed by atoms with van der Waals surface area (Å²) >= 11 is 5.89. The summed E-state index contributed by atoms with van der Waals surface area (Å²) in [6.07, 6.45) is 1.61. The normalized spacial score (nSPS) is 10.8. The molecule has 2 aromatic carbocycles. The Morgan fingerprint density at radius 3 is 2.54 bits per heavy atom. The molecule has 1 aromatic heterocycles. The van der Waals surface area contributed by atoms with Gasteiger partial charge in [-0.3, -0.25) is 4.79 Å². The Bertz CT molecular complexity index is 980. The van der Waals surface area contributed by atoms with Crippen LogP contribution in [0.4, 0.5) is 0 Å². The van der Waals surface area contributed by atoms with Gasteiger partial charge in [0.25, 0.3) is 0 Å². The first-order valence-electron chi connectivity index (χ1n) is 8.47. The zero-order valence-electron chi connectivity index (χ0n) is 15.4. The smallest absolute Gasteiger partial charge is 0.244 e. The fourth-order valence-electron chi connectivity index (χ4n) is 2.57. The van der Waals surface area contributed by atoms with E-state index in [9.17, 15) is 4.79 Å². The molecule has 1 amide bonds. The molecule has 0 bridgehead atoms. The summed E-state index contributed by atoms with van der Waals surface area (Å²) in [5.41, 5.74) is 4.17. The number of carbonyl (C=O) groups is 1. The van der Waals surface area contributed by atoms with Crippen molar-refractivity contribution in [2.24, 2.45) is 5.10 Å². The number of hydrogen-bond acceptors (Lipinski definition) is 5. The number of amides is 1. The Balaban J connectivity index is 1.57. The van der Waals surface area contributed by atoms with Crippen molar-refractivity contribution < 1.29 is 18.7 Å². The number of halogens is 1. The highest BCUT2D eigenvalue weighted by atomic mass is 35.5. The second-order valence-corrected chi connectivity index (χ2v) is 6.30. The number of hydrazone groups is 1. The largest absolute Gasteiger partial charge is 0.493 e. The molecule has 0 aliphatic carbocycles. The maximum atomic E-state index is 12.1. The van der Waals surface area contributed by atoms with Crippen LogP contribution in [-0.2, 0) is 11.2 Å². The standard InChI is InChI=1S/C21H19ClN2O4/c1-26-19-9-3-14(11-20(19)27-2)12-21(25)24-23-13-17-8-10-18(28-17)15-4-6-16(22)7-5-15/h3-11,13H,12H2,1-2H3,(H,24,25)/b23-13-. The topological polar surface area (TPSA) is 73.1 Å². The molecule has 0 unspecified atom stereocenters. The van der Waals surface area contributed by atoms with Crippen LogP contribution in [0.15, 0.2) is 64.1 Å². The molecule has 0 aliphatic heterocycles. The second-order valence-electron chi connectivity index (χ2n) is 5.87. The van der Waals surface area contributed by atoms with Crippen molar-refractivity contribution in [1.82, 2.24) is 5.43 Å². The minimum Gasteiger partial charge on any atom is -0.493 e. The second kappa shape index (κ2) is 9.10. The van der Waals surface area contributed by atoms with E-state index >= 15 is 0 Å². The number of hydrogen-bond donors (Lipinski definition) is 1. The SMILES string of the molecule is COc1ccc(CC(=O)N/N=C\c2ccc(-c3ccc(Cl)cc3)o2)cc1OC. The van der Waals surface area contributed by atoms with Gasteiger partial charge in [0.15, 0.2) is 11.5 Å². The lowest BCUT2D eigenvalue weighted by atomic mass is 10.1. The maximum absolute atomic E-state index is 12.1. The number of rotatable bonds is 7. The summed E-state index contributed by atoms with van der Waals surface area (Å²) in [7, 11) is 3.11. The third kappa shape index (κ3) is 4.92. The molecule has 3 rings (SSSR count). The van der Waals surface area contributed by atoms with Gasteiger partial charge in [0.1, 0.15) is 11.5 Å². The van der Waals surface area contributed by atoms with E-state index in [0.29, 0.717) is 28.0 Å². The van der Waals surface area contributed by atoms with E-state index in [1.807, 2.05) is 18.2 Å². The highest BCUT2D eigenvalue weighted by Gasteiger charge is 2.08. The average molecular weight is 399 g/mol. The van der Waals surface area contributed by atoms with E-state index < -0.39 is 0 Å². The van der Waals surface area contributed by atoms with Crippen molar-refractivity contribution in [3.05, 3.63) is 70.9 Å². The predicted octanol–water partition coefficient (Wildman–Crippen LogP) is 4.31. The van der Waals surface area contributed by atoms with Crippen LogP contribution in [0, 0.1) is 0 Å². The van der Waals surface area contributed by atoms with Crippen LogP contribution in [0.25, 0.3) is 11.3 Å². The van der Waals surface area contributed by atoms with Gasteiger partial charge in [-0.05, 0) is 54.1 Å². The predicted molar refractivity (Wildman–Crippen MR) is 108 cm³/mol. The molecule has 0 radical (unpaired) electrons. The van der Waals surface area contributed by atoms with Gasteiger partial charge in [0.05, 0.1) is 26.9 Å². The van der Waals surface area contributed by atoms with E-state index in [0.717, 1.165) is 11.1 Å². The highest BCUT2D eigenvalue weighted by molar-refractivity contribution is 6.30. The van der Waals surface area contributed by atoms with Crippen molar-refractivity contribution in [1.29, 1.82) is 0 Å². The Morgan fingerprint density at radius 2 is 1.82 bits per heavy atom. The van der Waals surface area contributed by atoms with E-state index in [1.165, 1.54) is 6.21 Å². The lowest BCUT2D eigenvalue weighted by molar-refractivity contribution is -0.120. The molecule has 144 valence electrons. The molecule has 7 heteroatoms. The Kier molecular flexibility index (Phi) is 6.34. The van der Waals surface area contributed by atoms with Crippen molar-refractivity contribution >= 4 is 23.7 Å². The van der Waals surface area contributed by atoms with Gasteiger partial charge in [-0.25, -0.2) is 5.43 Å². The Hall–Kier alpha value is -3.25. The van der Waals surface area contributed by atoms with Crippen molar-refractivity contribution in [2.45, 2.75) is 6.42 Å². The molecule has 0 spiro atoms. The molecule has 0 atom stereocenters. The van der Waals surface area contributed by atoms with Crippen LogP contribution in [0.1, 0.15) is 11.3 Å². The van der Waals surface area contributed by atoms with Crippen LogP contribution in [-0.4, -0.2) is 26.3 Å². The van der Waals surface area contributed by atoms with Gasteiger partial charge >= 0.3 is 0 Å². The number of nitrogens with zero attached hydrogens (tertiary/aromatic N) is 1. The molecule has 0 saturated heterocycles. The minimum absolute atomic E-state index is 0.159. The number of carbonyl (C=O) groups excluding carboxylic acids is 1. The summed E-state index contributed by atoms with van der Waals surface area (Å²) in [4.78, 5) is 12.1. The van der Waals surface area contributed by atoms with Gasteiger partial charge in [0, 0.05) is 10.6 Å². The van der Waals surface area contributed by atoms with Crippen molar-refractivity contribution in [3.8, 4) is 22.8 Å². The van der Waals surface area contributed by atoms with Crippen LogP contribution in [0.3, 0.4) is 0 Å². The fraction of sp³-hybridized carbons (Fsp3) is 0.143. The first-order valence-corrected chi connectivity index (χ1v) is 8.85. The van der Waals surface area contributed by atoms with Crippen LogP contribution >= 0.6 is 11.6 Å². The lowest BCUT2D eigenvalue weighted by Gasteiger charge is -2.09. The summed E-state index contributed by atoms with van der Waals surface area (Å²) in [6.45, 7) is 0. The Labute approximate surface area is 167 Å². The molecule has 1 N–H and O–H groups in total. The first kappa shape index (κ1) is 19.5. The van der Waals surface area contributed by atoms with E-state index in [4.69, 9.17) is 25.5 Å². The van der Waals surface area contributed by atoms with E-state index in [-0.39, 0.29) is 12.3 Å². The number of ether oxygens (including phenoxy) is 2. The van der Waals surface area contributed by atoms with Gasteiger partial charge in [-0.15, -0.1) is 0 Å². The van der Waals surface area contributed by atoms with E-state index in [1.54, 1.807) is 50.6 Å². The van der Waals surface area contributed by atoms with Crippen LogP contribution < -0.4 is 14.9 Å². The summed E-state index contributed by atoms with van der Waals surface area (Å²) in [5, 5.41) is 4.60. The number of nitrogens with one attached hydrogen (secondary N) is 1. The van der Waals surface area contributed by atoms with E-state index in [2.05, 4.69) is 10.5 Å². The maximum Gasteiger partial charge on any atom is 0.244 e. The van der Waals surface area contributed by atoms with Gasteiger partial charge in [-0.1, -0.05) is 17.7 Å². The monoisotopic (exact) mass is 398 g/mol. The average Bonchev–Trinajstić information content (AvgIpc) is 3.17. The number of methoxy groups -OCH3 is 2. The first-order chi connectivity index (χ1) is 13.6. The highest BCUT2D eigenvalue weighted by Crippen LogP contribution is 2.27. The lowest BCUT2D eigenvalue weighted by Crippen LogP contribution is -2.19. The molecular formula is C21H19ClN2O4. The molecule has 28 heavy (non-hydrogen) atoms. The Morgan fingerprint density at radius 1 is 1.07 bits per heavy atom. The summed E-state index contributed by atoms with van der Waals surface area (Å²) < 4.78 is 16.1. The third-order valence-corrected chi connectivity index (χ3v) is 4.20. The minimum atomic E-state index is -0.257. The van der Waals surface area contributed by atoms with Crippen LogP contribution in [0.2, 0.25) is 5.02 Å². The molecule has 1 heterocycles. The molecule has 0 saturated carbocycles. The van der Waals surface area contributed by atoms with Crippen LogP contribution in [0.5, 0.6) is 11.5 Å². The fourth-order valence-corrected chi connectivity index (χ4v) is 2.70.